The van der Waals surface area contributed by atoms with E-state index >= 15 is 0 Å². The number of piperidine rings is 2. The van der Waals surface area contributed by atoms with Gasteiger partial charge in [0.25, 0.3) is 0 Å². The Morgan fingerprint density at radius 2 is 2.23 bits per heavy atom. The summed E-state index contributed by atoms with van der Waals surface area (Å²) in [5, 5.41) is 6.78. The maximum atomic E-state index is 12.1. The van der Waals surface area contributed by atoms with Crippen LogP contribution in [-0.2, 0) is 16.1 Å². The number of hydrogen-bond donors (Lipinski definition) is 2. The minimum Gasteiger partial charge on any atom is -0.379 e. The Labute approximate surface area is 187 Å². The van der Waals surface area contributed by atoms with Gasteiger partial charge < -0.3 is 15.4 Å². The van der Waals surface area contributed by atoms with Crippen molar-refractivity contribution in [2.24, 2.45) is 11.8 Å². The van der Waals surface area contributed by atoms with Crippen LogP contribution in [-0.4, -0.2) is 60.7 Å². The molecule has 170 valence electrons. The molecule has 0 spiro atoms. The van der Waals surface area contributed by atoms with Crippen LogP contribution in [0.2, 0.25) is 0 Å². The van der Waals surface area contributed by atoms with Crippen molar-refractivity contribution in [2.45, 2.75) is 64.6 Å². The molecule has 3 heterocycles. The van der Waals surface area contributed by atoms with Crippen LogP contribution in [0.3, 0.4) is 0 Å². The third-order valence-electron chi connectivity index (χ3n) is 6.03. The van der Waals surface area contributed by atoms with E-state index in [0.717, 1.165) is 44.8 Å². The van der Waals surface area contributed by atoms with Crippen LogP contribution in [0.25, 0.3) is 0 Å². The normalized spacial score (nSPS) is 23.8. The Morgan fingerprint density at radius 3 is 3.00 bits per heavy atom. The van der Waals surface area contributed by atoms with Crippen LogP contribution >= 0.6 is 12.4 Å². The Bertz CT molecular complexity index is 616. The summed E-state index contributed by atoms with van der Waals surface area (Å²) in [6.07, 6.45) is 8.94. The van der Waals surface area contributed by atoms with Gasteiger partial charge in [0.2, 0.25) is 5.91 Å². The van der Waals surface area contributed by atoms with Gasteiger partial charge in [-0.1, -0.05) is 6.07 Å². The van der Waals surface area contributed by atoms with Crippen LogP contribution in [0.1, 0.15) is 51.5 Å². The zero-order valence-electron chi connectivity index (χ0n) is 18.5. The quantitative estimate of drug-likeness (QED) is 0.520. The average Bonchev–Trinajstić information content (AvgIpc) is 2.70. The Hall–Kier alpha value is -1.21. The number of nitrogens with one attached hydrogen (secondary N) is 2. The van der Waals surface area contributed by atoms with Crippen molar-refractivity contribution in [3.8, 4) is 0 Å². The molecule has 1 aromatic heterocycles. The number of amides is 1. The zero-order chi connectivity index (χ0) is 20.5. The van der Waals surface area contributed by atoms with Gasteiger partial charge in [-0.3, -0.25) is 14.7 Å². The summed E-state index contributed by atoms with van der Waals surface area (Å²) in [5.41, 5.74) is 1.30. The molecule has 0 unspecified atom stereocenters. The van der Waals surface area contributed by atoms with Gasteiger partial charge in [-0.15, -0.1) is 12.4 Å². The van der Waals surface area contributed by atoms with Crippen LogP contribution in [0.15, 0.2) is 24.5 Å². The number of ether oxygens (including phenoxy) is 1. The molecule has 2 fully saturated rings. The lowest BCUT2D eigenvalue weighted by Crippen LogP contribution is -2.55. The van der Waals surface area contributed by atoms with Gasteiger partial charge >= 0.3 is 0 Å². The first-order chi connectivity index (χ1) is 14.1. The maximum absolute atomic E-state index is 12.1. The number of carbonyl (C=O) groups is 1. The number of nitrogens with zero attached hydrogens (tertiary/aromatic N) is 2. The number of carbonyl (C=O) groups excluding carboxylic acids is 1. The third kappa shape index (κ3) is 8.50. The van der Waals surface area contributed by atoms with Crippen LogP contribution in [0.4, 0.5) is 0 Å². The second-order valence-electron chi connectivity index (χ2n) is 8.95. The van der Waals surface area contributed by atoms with E-state index in [1.807, 2.05) is 32.3 Å². The lowest BCUT2D eigenvalue weighted by molar-refractivity contribution is -0.121. The molecule has 2 bridgehead atoms. The molecule has 2 saturated heterocycles. The summed E-state index contributed by atoms with van der Waals surface area (Å²) in [6.45, 7) is 9.90. The molecule has 2 aliphatic rings. The number of likely N-dealkylation sites (tertiary alicyclic amines) is 1. The summed E-state index contributed by atoms with van der Waals surface area (Å²) in [5.74, 6) is 1.61. The van der Waals surface area contributed by atoms with Crippen LogP contribution in [0.5, 0.6) is 0 Å². The van der Waals surface area contributed by atoms with Crippen molar-refractivity contribution >= 4 is 18.3 Å². The van der Waals surface area contributed by atoms with E-state index in [1.165, 1.54) is 18.5 Å². The fourth-order valence-corrected chi connectivity index (χ4v) is 4.68. The molecule has 3 atom stereocenters. The van der Waals surface area contributed by atoms with E-state index in [9.17, 15) is 4.79 Å². The van der Waals surface area contributed by atoms with E-state index in [-0.39, 0.29) is 24.4 Å². The molecule has 0 aromatic carbocycles. The monoisotopic (exact) mass is 438 g/mol. The molecule has 30 heavy (non-hydrogen) atoms. The van der Waals surface area contributed by atoms with E-state index in [4.69, 9.17) is 4.74 Å². The van der Waals surface area contributed by atoms with Crippen molar-refractivity contribution in [3.63, 3.8) is 0 Å². The van der Waals surface area contributed by atoms with E-state index in [0.29, 0.717) is 31.5 Å². The van der Waals surface area contributed by atoms with Crippen molar-refractivity contribution in [1.29, 1.82) is 0 Å². The lowest BCUT2D eigenvalue weighted by atomic mass is 9.79. The molecule has 6 nitrogen and oxygen atoms in total. The minimum absolute atomic E-state index is 0. The first-order valence-electron chi connectivity index (χ1n) is 11.3. The molecule has 1 aromatic rings. The van der Waals surface area contributed by atoms with Gasteiger partial charge in [-0.05, 0) is 69.5 Å². The number of halogens is 1. The predicted molar refractivity (Wildman–Crippen MR) is 123 cm³/mol. The summed E-state index contributed by atoms with van der Waals surface area (Å²) in [4.78, 5) is 18.9. The molecule has 7 heteroatoms. The molecule has 3 rings (SSSR count). The zero-order valence-corrected chi connectivity index (χ0v) is 19.3. The highest BCUT2D eigenvalue weighted by molar-refractivity contribution is 5.85. The van der Waals surface area contributed by atoms with Crippen LogP contribution < -0.4 is 10.6 Å². The fourth-order valence-electron chi connectivity index (χ4n) is 4.68. The molecule has 0 saturated carbocycles. The highest BCUT2D eigenvalue weighted by Gasteiger charge is 2.36. The molecule has 2 aliphatic heterocycles. The second kappa shape index (κ2) is 13.3. The fraction of sp³-hybridized carbons (Fsp3) is 0.739. The number of aromatic nitrogens is 1. The van der Waals surface area contributed by atoms with Crippen molar-refractivity contribution in [2.75, 3.05) is 32.8 Å². The molecule has 0 radical (unpaired) electrons. The number of hydrogen-bond acceptors (Lipinski definition) is 5. The highest BCUT2D eigenvalue weighted by atomic mass is 35.5. The average molecular weight is 439 g/mol. The first kappa shape index (κ1) is 25.1. The van der Waals surface area contributed by atoms with Crippen molar-refractivity contribution in [3.05, 3.63) is 30.1 Å². The third-order valence-corrected chi connectivity index (χ3v) is 6.03. The predicted octanol–water partition coefficient (Wildman–Crippen LogP) is 3.01. The molecule has 2 N–H and O–H groups in total. The first-order valence-corrected chi connectivity index (χ1v) is 11.3. The second-order valence-corrected chi connectivity index (χ2v) is 8.95. The van der Waals surface area contributed by atoms with Gasteiger partial charge in [0.15, 0.2) is 0 Å². The number of pyridine rings is 1. The SMILES string of the molecule is CC(C)OCCCNC(=O)CCC[C@H]1NC[C@H]2C[C@@H]1CN(Cc1cccnc1)C2.Cl. The van der Waals surface area contributed by atoms with Crippen molar-refractivity contribution in [1.82, 2.24) is 20.5 Å². The Balaban J connectivity index is 0.00000320. The van der Waals surface area contributed by atoms with Crippen molar-refractivity contribution < 1.29 is 9.53 Å². The van der Waals surface area contributed by atoms with Gasteiger partial charge in [0.1, 0.15) is 0 Å². The van der Waals surface area contributed by atoms with Gasteiger partial charge in [-0.2, -0.15) is 0 Å². The summed E-state index contributed by atoms with van der Waals surface area (Å²) < 4.78 is 5.50. The maximum Gasteiger partial charge on any atom is 0.219 e. The molecular formula is C23H39ClN4O2. The minimum atomic E-state index is 0. The topological polar surface area (TPSA) is 66.5 Å². The molecule has 1 amide bonds. The standard InChI is InChI=1S/C23H38N4O2.ClH/c1-18(2)29-11-5-10-25-23(28)8-3-7-22-21-12-20(14-26-22)16-27(17-21)15-19-6-4-9-24-13-19;/h4,6,9,13,18,20-22,26H,3,5,7-8,10-12,14-17H2,1-2H3,(H,25,28);1H/t20-,21-,22-;/m1./s1. The summed E-state index contributed by atoms with van der Waals surface area (Å²) >= 11 is 0. The van der Waals surface area contributed by atoms with E-state index in [1.54, 1.807) is 0 Å². The number of fused-ring (bicyclic) bond motifs is 2. The molecule has 0 aliphatic carbocycles. The number of rotatable bonds is 11. The largest absolute Gasteiger partial charge is 0.379 e. The Morgan fingerprint density at radius 1 is 1.37 bits per heavy atom. The highest BCUT2D eigenvalue weighted by Crippen LogP contribution is 2.31. The summed E-state index contributed by atoms with van der Waals surface area (Å²) in [6, 6.07) is 4.73. The van der Waals surface area contributed by atoms with Crippen LogP contribution in [0, 0.1) is 11.8 Å². The Kier molecular flexibility index (Phi) is 11.1. The van der Waals surface area contributed by atoms with Gasteiger partial charge in [0, 0.05) is 57.6 Å². The van der Waals surface area contributed by atoms with Gasteiger partial charge in [-0.25, -0.2) is 0 Å². The van der Waals surface area contributed by atoms with E-state index in [2.05, 4.69) is 26.6 Å². The molecular weight excluding hydrogens is 400 g/mol. The van der Waals surface area contributed by atoms with E-state index < -0.39 is 0 Å². The lowest BCUT2D eigenvalue weighted by Gasteiger charge is -2.46. The summed E-state index contributed by atoms with van der Waals surface area (Å²) in [7, 11) is 0. The smallest absolute Gasteiger partial charge is 0.219 e. The van der Waals surface area contributed by atoms with Gasteiger partial charge in [0.05, 0.1) is 6.10 Å².